The monoisotopic (exact) mass is 260 g/mol. The van der Waals surface area contributed by atoms with Crippen LogP contribution in [0.15, 0.2) is 22.9 Å². The summed E-state index contributed by atoms with van der Waals surface area (Å²) in [6, 6.07) is 1.98. The molecule has 0 N–H and O–H groups in total. The van der Waals surface area contributed by atoms with E-state index in [1.165, 1.54) is 0 Å². The predicted molar refractivity (Wildman–Crippen MR) is 67.8 cm³/mol. The molecule has 0 aromatic carbocycles. The lowest BCUT2D eigenvalue weighted by atomic mass is 10.2. The average Bonchev–Trinajstić information content (AvgIpc) is 3.06. The van der Waals surface area contributed by atoms with Crippen molar-refractivity contribution in [3.05, 3.63) is 35.5 Å². The van der Waals surface area contributed by atoms with Crippen molar-refractivity contribution < 1.29 is 9.21 Å². The molecule has 3 rings (SSSR count). The fourth-order valence-electron chi connectivity index (χ4n) is 2.54. The summed E-state index contributed by atoms with van der Waals surface area (Å²) in [4.78, 5) is 15.9. The molecule has 0 aliphatic carbocycles. The third-order valence-electron chi connectivity index (χ3n) is 3.49. The summed E-state index contributed by atoms with van der Waals surface area (Å²) in [6.45, 7) is 5.05. The second kappa shape index (κ2) is 4.53. The van der Waals surface area contributed by atoms with Crippen LogP contribution >= 0.6 is 0 Å². The van der Waals surface area contributed by atoms with Crippen molar-refractivity contribution in [1.29, 1.82) is 0 Å². The van der Waals surface area contributed by atoms with Gasteiger partial charge >= 0.3 is 0 Å². The Bertz CT molecular complexity index is 588. The van der Waals surface area contributed by atoms with E-state index >= 15 is 0 Å². The summed E-state index contributed by atoms with van der Waals surface area (Å²) in [5, 5.41) is 8.27. The van der Waals surface area contributed by atoms with Gasteiger partial charge in [0.15, 0.2) is 0 Å². The van der Waals surface area contributed by atoms with Crippen molar-refractivity contribution in [3.8, 4) is 0 Å². The van der Waals surface area contributed by atoms with Crippen LogP contribution in [0.5, 0.6) is 0 Å². The van der Waals surface area contributed by atoms with Crippen LogP contribution in [0.1, 0.15) is 34.3 Å². The Kier molecular flexibility index (Phi) is 2.85. The Balaban J connectivity index is 1.74. The summed E-state index contributed by atoms with van der Waals surface area (Å²) >= 11 is 0. The van der Waals surface area contributed by atoms with Crippen LogP contribution in [0, 0.1) is 13.8 Å². The van der Waals surface area contributed by atoms with Gasteiger partial charge in [-0.2, -0.15) is 15.0 Å². The van der Waals surface area contributed by atoms with Crippen LogP contribution in [-0.2, 0) is 0 Å². The van der Waals surface area contributed by atoms with Gasteiger partial charge in [-0.15, -0.1) is 0 Å². The molecule has 6 heteroatoms. The van der Waals surface area contributed by atoms with Crippen LogP contribution in [0.4, 0.5) is 0 Å². The van der Waals surface area contributed by atoms with E-state index in [1.807, 2.05) is 18.7 Å². The van der Waals surface area contributed by atoms with Gasteiger partial charge in [0.25, 0.3) is 5.91 Å². The predicted octanol–water partition coefficient (Wildman–Crippen LogP) is 1.58. The Labute approximate surface area is 111 Å². The highest BCUT2D eigenvalue weighted by Gasteiger charge is 2.30. The number of nitrogens with zero attached hydrogens (tertiary/aromatic N) is 4. The maximum atomic E-state index is 12.4. The molecule has 0 bridgehead atoms. The normalized spacial score (nSPS) is 19.1. The molecule has 100 valence electrons. The summed E-state index contributed by atoms with van der Waals surface area (Å²) in [7, 11) is 0. The number of hydrogen-bond acceptors (Lipinski definition) is 4. The lowest BCUT2D eigenvalue weighted by Crippen LogP contribution is -2.29. The molecule has 2 aromatic heterocycles. The minimum atomic E-state index is 0.0315. The molecule has 1 aliphatic rings. The molecular formula is C13H16N4O2. The smallest absolute Gasteiger partial charge is 0.257 e. The molecule has 1 aliphatic heterocycles. The molecule has 1 saturated heterocycles. The summed E-state index contributed by atoms with van der Waals surface area (Å²) in [5.41, 5.74) is 0.659. The maximum Gasteiger partial charge on any atom is 0.257 e. The Hall–Kier alpha value is -2.11. The zero-order valence-corrected chi connectivity index (χ0v) is 11.0. The van der Waals surface area contributed by atoms with Crippen LogP contribution in [0.2, 0.25) is 0 Å². The third kappa shape index (κ3) is 2.14. The van der Waals surface area contributed by atoms with E-state index in [-0.39, 0.29) is 11.9 Å². The molecule has 0 saturated carbocycles. The van der Waals surface area contributed by atoms with Crippen molar-refractivity contribution in [1.82, 2.24) is 19.9 Å². The number of hydrogen-bond donors (Lipinski definition) is 0. The minimum absolute atomic E-state index is 0.0315. The lowest BCUT2D eigenvalue weighted by Gasteiger charge is -2.15. The summed E-state index contributed by atoms with van der Waals surface area (Å²) < 4.78 is 5.42. The van der Waals surface area contributed by atoms with Gasteiger partial charge < -0.3 is 9.32 Å². The van der Waals surface area contributed by atoms with Gasteiger partial charge in [-0.1, -0.05) is 0 Å². The topological polar surface area (TPSA) is 64.2 Å². The number of aryl methyl sites for hydroxylation is 2. The first kappa shape index (κ1) is 12.0. The van der Waals surface area contributed by atoms with E-state index in [9.17, 15) is 4.79 Å². The van der Waals surface area contributed by atoms with Crippen LogP contribution in [0.25, 0.3) is 0 Å². The van der Waals surface area contributed by atoms with Crippen molar-refractivity contribution in [3.63, 3.8) is 0 Å². The Morgan fingerprint density at radius 3 is 2.74 bits per heavy atom. The first-order valence-corrected chi connectivity index (χ1v) is 6.37. The summed E-state index contributed by atoms with van der Waals surface area (Å²) in [5.74, 6) is 1.48. The van der Waals surface area contributed by atoms with Gasteiger partial charge in [0.1, 0.15) is 11.5 Å². The van der Waals surface area contributed by atoms with Crippen molar-refractivity contribution in [2.24, 2.45) is 0 Å². The molecular weight excluding hydrogens is 244 g/mol. The minimum Gasteiger partial charge on any atom is -0.466 e. The van der Waals surface area contributed by atoms with Gasteiger partial charge in [-0.25, -0.2) is 0 Å². The van der Waals surface area contributed by atoms with Crippen molar-refractivity contribution in [2.75, 3.05) is 13.1 Å². The van der Waals surface area contributed by atoms with Gasteiger partial charge in [-0.3, -0.25) is 4.79 Å². The lowest BCUT2D eigenvalue weighted by molar-refractivity contribution is 0.0784. The number of carbonyl (C=O) groups excluding carboxylic acids is 1. The van der Waals surface area contributed by atoms with E-state index in [4.69, 9.17) is 4.42 Å². The zero-order chi connectivity index (χ0) is 13.4. The van der Waals surface area contributed by atoms with E-state index in [0.717, 1.165) is 18.7 Å². The average molecular weight is 260 g/mol. The number of carbonyl (C=O) groups is 1. The number of amides is 1. The molecule has 0 radical (unpaired) electrons. The summed E-state index contributed by atoms with van der Waals surface area (Å²) in [6.07, 6.45) is 4.21. The molecule has 0 spiro atoms. The highest BCUT2D eigenvalue weighted by Crippen LogP contribution is 2.23. The first-order valence-electron chi connectivity index (χ1n) is 6.37. The van der Waals surface area contributed by atoms with E-state index < -0.39 is 0 Å². The van der Waals surface area contributed by atoms with Gasteiger partial charge in [-0.05, 0) is 26.3 Å². The number of likely N-dealkylation sites (tertiary alicyclic amines) is 1. The van der Waals surface area contributed by atoms with E-state index in [0.29, 0.717) is 17.9 Å². The quantitative estimate of drug-likeness (QED) is 0.822. The molecule has 1 amide bonds. The molecule has 6 nitrogen and oxygen atoms in total. The zero-order valence-electron chi connectivity index (χ0n) is 11.0. The van der Waals surface area contributed by atoms with Crippen molar-refractivity contribution in [2.45, 2.75) is 26.3 Å². The number of aromatic nitrogens is 3. The SMILES string of the molecule is Cc1cc(C(=O)N2CCC(n3nccn3)C2)c(C)o1. The second-order valence-corrected chi connectivity index (χ2v) is 4.87. The highest BCUT2D eigenvalue weighted by molar-refractivity contribution is 5.95. The standard InChI is InChI=1S/C13H16N4O2/c1-9-7-12(10(2)19-9)13(18)16-6-3-11(8-16)17-14-4-5-15-17/h4-5,7,11H,3,6,8H2,1-2H3. The second-order valence-electron chi connectivity index (χ2n) is 4.87. The molecule has 19 heavy (non-hydrogen) atoms. The van der Waals surface area contributed by atoms with Gasteiger partial charge in [0, 0.05) is 13.1 Å². The van der Waals surface area contributed by atoms with Crippen molar-refractivity contribution >= 4 is 5.91 Å². The molecule has 2 aromatic rings. The van der Waals surface area contributed by atoms with E-state index in [2.05, 4.69) is 10.2 Å². The maximum absolute atomic E-state index is 12.4. The Morgan fingerprint density at radius 1 is 1.37 bits per heavy atom. The number of rotatable bonds is 2. The van der Waals surface area contributed by atoms with Crippen LogP contribution in [-0.4, -0.2) is 38.9 Å². The molecule has 1 unspecified atom stereocenters. The molecule has 1 atom stereocenters. The highest BCUT2D eigenvalue weighted by atomic mass is 16.3. The van der Waals surface area contributed by atoms with Crippen LogP contribution in [0.3, 0.4) is 0 Å². The fraction of sp³-hybridized carbons (Fsp3) is 0.462. The van der Waals surface area contributed by atoms with Gasteiger partial charge in [0.05, 0.1) is 24.0 Å². The number of furan rings is 1. The Morgan fingerprint density at radius 2 is 2.11 bits per heavy atom. The van der Waals surface area contributed by atoms with Gasteiger partial charge in [0.2, 0.25) is 0 Å². The van der Waals surface area contributed by atoms with Crippen LogP contribution < -0.4 is 0 Å². The molecule has 3 heterocycles. The van der Waals surface area contributed by atoms with E-state index in [1.54, 1.807) is 23.3 Å². The largest absolute Gasteiger partial charge is 0.466 e. The molecule has 1 fully saturated rings. The fourth-order valence-corrected chi connectivity index (χ4v) is 2.54. The third-order valence-corrected chi connectivity index (χ3v) is 3.49. The first-order chi connectivity index (χ1) is 9.15.